The molecule has 0 heterocycles. The first kappa shape index (κ1) is 15.4. The summed E-state index contributed by atoms with van der Waals surface area (Å²) in [5.74, 6) is -1.46. The highest BCUT2D eigenvalue weighted by atomic mass is 16.6. The van der Waals surface area contributed by atoms with Crippen molar-refractivity contribution >= 4 is 12.1 Å². The molecular weight excluding hydrogens is 330 g/mol. The number of aliphatic carboxylic acids is 1. The van der Waals surface area contributed by atoms with Gasteiger partial charge < -0.3 is 9.84 Å². The highest BCUT2D eigenvalue weighted by molar-refractivity contribution is 5.81. The molecule has 2 atom stereocenters. The van der Waals surface area contributed by atoms with E-state index in [-0.39, 0.29) is 12.0 Å². The topological polar surface area (TPSA) is 66.8 Å². The van der Waals surface area contributed by atoms with Gasteiger partial charge in [-0.3, -0.25) is 4.90 Å². The van der Waals surface area contributed by atoms with Gasteiger partial charge in [-0.15, -0.1) is 0 Å². The summed E-state index contributed by atoms with van der Waals surface area (Å²) in [6.45, 7) is 0.325. The third-order valence-corrected chi connectivity index (χ3v) is 5.11. The maximum Gasteiger partial charge on any atom is 0.410 e. The van der Waals surface area contributed by atoms with Gasteiger partial charge in [-0.05, 0) is 42.0 Å². The number of benzene rings is 2. The monoisotopic (exact) mass is 352 g/mol. The molecule has 1 unspecified atom stereocenters. The van der Waals surface area contributed by atoms with E-state index < -0.39 is 24.7 Å². The van der Waals surface area contributed by atoms with Crippen LogP contribution in [0.15, 0.2) is 48.5 Å². The molecule has 4 rings (SSSR count). The Kier molecular flexibility index (Phi) is 3.85. The maximum absolute atomic E-state index is 12.7. The number of amides is 1. The normalized spacial score (nSPS) is 18.3. The molecule has 134 valence electrons. The van der Waals surface area contributed by atoms with Gasteiger partial charge in [0.15, 0.2) is 0 Å². The Morgan fingerprint density at radius 3 is 2.19 bits per heavy atom. The van der Waals surface area contributed by atoms with E-state index in [0.717, 1.165) is 35.1 Å². The standard InChI is InChI=1S/C21H21NO4/c1-13(20(23)24)22(14-10-11-14)21(25)26-12-19-17-8-4-2-6-15(17)16-7-3-5-9-18(16)19/h2-9,13-14,19H,10-12H2,1H3,(H,23,24)/t13-/m0/s1/i12D/t12?,13-. The predicted octanol–water partition coefficient (Wildman–Crippen LogP) is 3.87. The lowest BCUT2D eigenvalue weighted by molar-refractivity contribution is -0.142. The summed E-state index contributed by atoms with van der Waals surface area (Å²) in [4.78, 5) is 25.3. The summed E-state index contributed by atoms with van der Waals surface area (Å²) in [6.07, 6.45) is 0.809. The molecule has 2 aliphatic rings. The Balaban J connectivity index is 1.60. The van der Waals surface area contributed by atoms with E-state index >= 15 is 0 Å². The van der Waals surface area contributed by atoms with Crippen molar-refractivity contribution < 1.29 is 20.8 Å². The Morgan fingerprint density at radius 2 is 1.69 bits per heavy atom. The first-order valence-electron chi connectivity index (χ1n) is 9.39. The van der Waals surface area contributed by atoms with Gasteiger partial charge in [0.05, 0.1) is 1.37 Å². The van der Waals surface area contributed by atoms with Crippen molar-refractivity contribution in [3.8, 4) is 11.1 Å². The molecule has 1 amide bonds. The number of hydrogen-bond donors (Lipinski definition) is 1. The van der Waals surface area contributed by atoms with Gasteiger partial charge in [-0.2, -0.15) is 0 Å². The van der Waals surface area contributed by atoms with Crippen molar-refractivity contribution in [3.05, 3.63) is 59.7 Å². The lowest BCUT2D eigenvalue weighted by atomic mass is 9.98. The minimum atomic E-state index is -1.15. The van der Waals surface area contributed by atoms with Gasteiger partial charge in [-0.1, -0.05) is 48.5 Å². The van der Waals surface area contributed by atoms with Crippen LogP contribution in [0.1, 0.15) is 38.2 Å². The summed E-state index contributed by atoms with van der Waals surface area (Å²) in [6, 6.07) is 14.6. The Labute approximate surface area is 153 Å². The SMILES string of the molecule is [2H]C(OC(=O)N(C1CC1)[C@@H](C)C(=O)O)C1c2ccccc2-c2ccccc21. The Hall–Kier alpha value is -2.82. The summed E-state index contributed by atoms with van der Waals surface area (Å²) in [7, 11) is 0. The van der Waals surface area contributed by atoms with E-state index in [1.165, 1.54) is 11.8 Å². The third-order valence-electron chi connectivity index (χ3n) is 5.11. The lowest BCUT2D eigenvalue weighted by Crippen LogP contribution is -2.45. The zero-order valence-corrected chi connectivity index (χ0v) is 14.5. The molecular formula is C21H21NO4. The average Bonchev–Trinajstić information content (AvgIpc) is 3.42. The summed E-state index contributed by atoms with van der Waals surface area (Å²) in [5.41, 5.74) is 4.00. The summed E-state index contributed by atoms with van der Waals surface area (Å²) >= 11 is 0. The van der Waals surface area contributed by atoms with Crippen molar-refractivity contribution in [1.29, 1.82) is 0 Å². The highest BCUT2D eigenvalue weighted by Gasteiger charge is 2.40. The van der Waals surface area contributed by atoms with Crippen LogP contribution in [0.3, 0.4) is 0 Å². The van der Waals surface area contributed by atoms with E-state index in [9.17, 15) is 14.7 Å². The first-order valence-corrected chi connectivity index (χ1v) is 8.81. The van der Waals surface area contributed by atoms with Crippen molar-refractivity contribution in [2.75, 3.05) is 6.58 Å². The largest absolute Gasteiger partial charge is 0.480 e. The van der Waals surface area contributed by atoms with Crippen LogP contribution in [0, 0.1) is 0 Å². The fraction of sp³-hybridized carbons (Fsp3) is 0.333. The van der Waals surface area contributed by atoms with Crippen LogP contribution >= 0.6 is 0 Å². The molecule has 0 aromatic heterocycles. The van der Waals surface area contributed by atoms with Gasteiger partial charge in [0.1, 0.15) is 12.6 Å². The Bertz CT molecular complexity index is 850. The van der Waals surface area contributed by atoms with Crippen molar-refractivity contribution in [1.82, 2.24) is 4.90 Å². The quantitative estimate of drug-likeness (QED) is 0.887. The van der Waals surface area contributed by atoms with E-state index in [1.807, 2.05) is 48.5 Å². The van der Waals surface area contributed by atoms with E-state index in [0.29, 0.717) is 0 Å². The molecule has 1 fully saturated rings. The number of fused-ring (bicyclic) bond motifs is 3. The van der Waals surface area contributed by atoms with Crippen molar-refractivity contribution in [2.24, 2.45) is 0 Å². The maximum atomic E-state index is 12.7. The van der Waals surface area contributed by atoms with Gasteiger partial charge in [0.25, 0.3) is 0 Å². The number of carbonyl (C=O) groups is 2. The van der Waals surface area contributed by atoms with Crippen LogP contribution in [0.5, 0.6) is 0 Å². The molecule has 0 bridgehead atoms. The van der Waals surface area contributed by atoms with Crippen LogP contribution < -0.4 is 0 Å². The fourth-order valence-corrected chi connectivity index (χ4v) is 3.62. The van der Waals surface area contributed by atoms with Gasteiger partial charge in [0, 0.05) is 12.0 Å². The summed E-state index contributed by atoms with van der Waals surface area (Å²) < 4.78 is 14.0. The zero-order chi connectivity index (χ0) is 19.1. The number of nitrogens with zero attached hydrogens (tertiary/aromatic N) is 1. The number of ether oxygens (including phenoxy) is 1. The molecule has 5 heteroatoms. The number of carbonyl (C=O) groups excluding carboxylic acids is 1. The molecule has 2 aliphatic carbocycles. The van der Waals surface area contributed by atoms with Gasteiger partial charge >= 0.3 is 12.1 Å². The second kappa shape index (κ2) is 6.48. The van der Waals surface area contributed by atoms with Crippen LogP contribution in [0.4, 0.5) is 4.79 Å². The van der Waals surface area contributed by atoms with Crippen LogP contribution in [-0.2, 0) is 9.53 Å². The molecule has 0 saturated heterocycles. The number of hydrogen-bond acceptors (Lipinski definition) is 3. The van der Waals surface area contributed by atoms with Crippen molar-refractivity contribution in [3.63, 3.8) is 0 Å². The molecule has 2 aromatic rings. The fourth-order valence-electron chi connectivity index (χ4n) is 3.62. The first-order chi connectivity index (χ1) is 13.0. The van der Waals surface area contributed by atoms with E-state index in [2.05, 4.69) is 0 Å². The lowest BCUT2D eigenvalue weighted by Gasteiger charge is -2.26. The van der Waals surface area contributed by atoms with E-state index in [1.54, 1.807) is 0 Å². The summed E-state index contributed by atoms with van der Waals surface area (Å²) in [5, 5.41) is 9.29. The van der Waals surface area contributed by atoms with Crippen molar-refractivity contribution in [2.45, 2.75) is 37.8 Å². The molecule has 0 spiro atoms. The van der Waals surface area contributed by atoms with Gasteiger partial charge in [0.2, 0.25) is 0 Å². The molecule has 1 N–H and O–H groups in total. The molecule has 2 aromatic carbocycles. The minimum absolute atomic E-state index is 0.112. The number of carboxylic acid groups (broad SMARTS) is 1. The smallest absolute Gasteiger partial charge is 0.410 e. The van der Waals surface area contributed by atoms with E-state index in [4.69, 9.17) is 6.11 Å². The minimum Gasteiger partial charge on any atom is -0.480 e. The zero-order valence-electron chi connectivity index (χ0n) is 15.5. The molecule has 0 aliphatic heterocycles. The van der Waals surface area contributed by atoms with Crippen LogP contribution in [-0.4, -0.2) is 40.7 Å². The average molecular weight is 352 g/mol. The van der Waals surface area contributed by atoms with Crippen LogP contribution in [0.2, 0.25) is 0 Å². The van der Waals surface area contributed by atoms with Gasteiger partial charge in [-0.25, -0.2) is 9.59 Å². The highest BCUT2D eigenvalue weighted by Crippen LogP contribution is 2.44. The second-order valence-electron chi connectivity index (χ2n) is 6.82. The number of carboxylic acids is 1. The number of rotatable bonds is 5. The molecule has 1 saturated carbocycles. The van der Waals surface area contributed by atoms with Crippen LogP contribution in [0.25, 0.3) is 11.1 Å². The Morgan fingerprint density at radius 1 is 1.15 bits per heavy atom. The molecule has 0 radical (unpaired) electrons. The second-order valence-corrected chi connectivity index (χ2v) is 6.82. The third kappa shape index (κ3) is 2.83. The molecule has 26 heavy (non-hydrogen) atoms. The molecule has 5 nitrogen and oxygen atoms in total. The predicted molar refractivity (Wildman–Crippen MR) is 97.0 cm³/mol.